The van der Waals surface area contributed by atoms with Gasteiger partial charge in [-0.1, -0.05) is 30.7 Å². The first-order chi connectivity index (χ1) is 7.40. The molecule has 16 heavy (non-hydrogen) atoms. The molecule has 0 spiro atoms. The van der Waals surface area contributed by atoms with Gasteiger partial charge in [-0.2, -0.15) is 0 Å². The molecule has 4 heteroatoms. The summed E-state index contributed by atoms with van der Waals surface area (Å²) >= 11 is 5.72. The summed E-state index contributed by atoms with van der Waals surface area (Å²) in [6.45, 7) is 5.19. The molecule has 0 aliphatic carbocycles. The zero-order valence-corrected chi connectivity index (χ0v) is 10.4. The molecule has 0 saturated carbocycles. The number of rotatable bonds is 3. The topological polar surface area (TPSA) is 35.5 Å². The number of benzene rings is 1. The lowest BCUT2D eigenvalue weighted by Crippen LogP contribution is -2.23. The molecule has 88 valence electrons. The van der Waals surface area contributed by atoms with E-state index < -0.39 is 11.2 Å². The Morgan fingerprint density at radius 1 is 1.31 bits per heavy atom. The second kappa shape index (κ2) is 5.21. The summed E-state index contributed by atoms with van der Waals surface area (Å²) in [5.74, 6) is 0.447. The van der Waals surface area contributed by atoms with Gasteiger partial charge in [0.15, 0.2) is 5.06 Å². The molecule has 1 aromatic carbocycles. The summed E-state index contributed by atoms with van der Waals surface area (Å²) in [5.41, 5.74) is 1.18. The minimum Gasteiger partial charge on any atom is -0.412 e. The van der Waals surface area contributed by atoms with Crippen molar-refractivity contribution >= 4 is 17.8 Å². The van der Waals surface area contributed by atoms with E-state index in [9.17, 15) is 4.79 Å². The summed E-state index contributed by atoms with van der Waals surface area (Å²) in [7, 11) is 0. The summed E-state index contributed by atoms with van der Waals surface area (Å²) < 4.78 is 9.75. The van der Waals surface area contributed by atoms with E-state index in [1.54, 1.807) is 26.0 Å². The second-order valence-electron chi connectivity index (χ2n) is 3.81. The minimum absolute atomic E-state index is 0.447. The normalized spacial score (nSPS) is 11.0. The molecule has 0 heterocycles. The third kappa shape index (κ3) is 4.53. The van der Waals surface area contributed by atoms with Gasteiger partial charge >= 0.3 is 6.16 Å². The van der Waals surface area contributed by atoms with Crippen molar-refractivity contribution in [3.63, 3.8) is 0 Å². The molecule has 1 rings (SSSR count). The number of carbonyl (C=O) groups is 1. The van der Waals surface area contributed by atoms with Crippen molar-refractivity contribution in [2.24, 2.45) is 0 Å². The lowest BCUT2D eigenvalue weighted by molar-refractivity contribution is 0.0542. The van der Waals surface area contributed by atoms with Gasteiger partial charge in [0.1, 0.15) is 5.75 Å². The Labute approximate surface area is 100 Å². The molecule has 0 unspecified atom stereocenters. The Hall–Kier alpha value is -1.22. The van der Waals surface area contributed by atoms with Crippen LogP contribution in [0.15, 0.2) is 24.3 Å². The van der Waals surface area contributed by atoms with Crippen LogP contribution in [-0.2, 0) is 11.2 Å². The van der Waals surface area contributed by atoms with Crippen molar-refractivity contribution in [1.82, 2.24) is 0 Å². The van der Waals surface area contributed by atoms with E-state index in [1.807, 2.05) is 12.1 Å². The number of ether oxygens (including phenoxy) is 2. The van der Waals surface area contributed by atoms with E-state index in [0.29, 0.717) is 5.75 Å². The summed E-state index contributed by atoms with van der Waals surface area (Å²) in [4.78, 5) is 11.3. The van der Waals surface area contributed by atoms with Crippen molar-refractivity contribution < 1.29 is 14.3 Å². The highest BCUT2D eigenvalue weighted by Gasteiger charge is 2.20. The van der Waals surface area contributed by atoms with Crippen molar-refractivity contribution in [2.45, 2.75) is 32.3 Å². The van der Waals surface area contributed by atoms with Gasteiger partial charge in [0, 0.05) is 0 Å². The van der Waals surface area contributed by atoms with Crippen LogP contribution >= 0.6 is 11.6 Å². The van der Waals surface area contributed by atoms with E-state index in [4.69, 9.17) is 21.1 Å². The lowest BCUT2D eigenvalue weighted by atomic mass is 10.2. The number of alkyl halides is 1. The van der Waals surface area contributed by atoms with Gasteiger partial charge in [0.05, 0.1) is 0 Å². The van der Waals surface area contributed by atoms with Gasteiger partial charge in [-0.05, 0) is 38.0 Å². The maximum absolute atomic E-state index is 11.3. The van der Waals surface area contributed by atoms with Crippen LogP contribution in [0.3, 0.4) is 0 Å². The van der Waals surface area contributed by atoms with Crippen LogP contribution in [0.2, 0.25) is 0 Å². The van der Waals surface area contributed by atoms with E-state index in [0.717, 1.165) is 6.42 Å². The predicted octanol–water partition coefficient (Wildman–Crippen LogP) is 3.74. The number of halogens is 1. The maximum atomic E-state index is 11.3. The summed E-state index contributed by atoms with van der Waals surface area (Å²) in [6, 6.07) is 7.24. The monoisotopic (exact) mass is 242 g/mol. The standard InChI is InChI=1S/C12H15ClO3/c1-4-9-5-7-10(8-6-9)15-11(14)16-12(2,3)13/h5-8H,4H2,1-3H3. The third-order valence-electron chi connectivity index (χ3n) is 1.86. The fraction of sp³-hybridized carbons (Fsp3) is 0.417. The average molecular weight is 243 g/mol. The Bertz CT molecular complexity index is 352. The highest BCUT2D eigenvalue weighted by molar-refractivity contribution is 6.22. The van der Waals surface area contributed by atoms with Crippen molar-refractivity contribution in [3.05, 3.63) is 29.8 Å². The van der Waals surface area contributed by atoms with Gasteiger partial charge in [-0.15, -0.1) is 0 Å². The highest BCUT2D eigenvalue weighted by Crippen LogP contribution is 2.18. The van der Waals surface area contributed by atoms with Gasteiger partial charge in [0.25, 0.3) is 0 Å². The first-order valence-electron chi connectivity index (χ1n) is 5.09. The Morgan fingerprint density at radius 2 is 1.88 bits per heavy atom. The van der Waals surface area contributed by atoms with Crippen molar-refractivity contribution in [1.29, 1.82) is 0 Å². The molecule has 0 atom stereocenters. The molecule has 0 aromatic heterocycles. The van der Waals surface area contributed by atoms with Crippen LogP contribution < -0.4 is 4.74 Å². The van der Waals surface area contributed by atoms with Crippen LogP contribution in [0.25, 0.3) is 0 Å². The first kappa shape index (κ1) is 12.8. The van der Waals surface area contributed by atoms with Crippen molar-refractivity contribution in [3.8, 4) is 5.75 Å². The van der Waals surface area contributed by atoms with Crippen LogP contribution in [0.1, 0.15) is 26.3 Å². The number of hydrogen-bond donors (Lipinski definition) is 0. The number of carbonyl (C=O) groups excluding carboxylic acids is 1. The Balaban J connectivity index is 2.56. The number of aryl methyl sites for hydroxylation is 1. The van der Waals surface area contributed by atoms with Crippen LogP contribution in [-0.4, -0.2) is 11.2 Å². The molecule has 0 saturated heterocycles. The van der Waals surface area contributed by atoms with Crippen LogP contribution in [0, 0.1) is 0 Å². The predicted molar refractivity (Wildman–Crippen MR) is 62.9 cm³/mol. The van der Waals surface area contributed by atoms with E-state index in [2.05, 4.69) is 6.92 Å². The molecule has 0 amide bonds. The molecule has 0 N–H and O–H groups in total. The van der Waals surface area contributed by atoms with Gasteiger partial charge in [-0.25, -0.2) is 4.79 Å². The van der Waals surface area contributed by atoms with Gasteiger partial charge < -0.3 is 9.47 Å². The Kier molecular flexibility index (Phi) is 4.19. The van der Waals surface area contributed by atoms with E-state index in [1.165, 1.54) is 5.56 Å². The largest absolute Gasteiger partial charge is 0.515 e. The fourth-order valence-electron chi connectivity index (χ4n) is 1.11. The summed E-state index contributed by atoms with van der Waals surface area (Å²) in [6.07, 6.45) is 0.142. The zero-order valence-electron chi connectivity index (χ0n) is 9.62. The highest BCUT2D eigenvalue weighted by atomic mass is 35.5. The first-order valence-corrected chi connectivity index (χ1v) is 5.47. The zero-order chi connectivity index (χ0) is 12.2. The SMILES string of the molecule is CCc1ccc(OC(=O)OC(C)(C)Cl)cc1. The summed E-state index contributed by atoms with van der Waals surface area (Å²) in [5, 5.41) is -1.06. The van der Waals surface area contributed by atoms with E-state index in [-0.39, 0.29) is 0 Å². The van der Waals surface area contributed by atoms with E-state index >= 15 is 0 Å². The molecule has 0 aliphatic heterocycles. The maximum Gasteiger partial charge on any atom is 0.515 e. The molecular formula is C12H15ClO3. The average Bonchev–Trinajstić information content (AvgIpc) is 2.16. The van der Waals surface area contributed by atoms with Crippen molar-refractivity contribution in [2.75, 3.05) is 0 Å². The molecule has 3 nitrogen and oxygen atoms in total. The molecular weight excluding hydrogens is 228 g/mol. The quantitative estimate of drug-likeness (QED) is 0.460. The molecule has 0 bridgehead atoms. The third-order valence-corrected chi connectivity index (χ3v) is 1.94. The molecule has 0 fully saturated rings. The Morgan fingerprint density at radius 3 is 2.31 bits per heavy atom. The van der Waals surface area contributed by atoms with Crippen LogP contribution in [0.5, 0.6) is 5.75 Å². The van der Waals surface area contributed by atoms with Gasteiger partial charge in [-0.3, -0.25) is 0 Å². The second-order valence-corrected chi connectivity index (χ2v) is 4.73. The lowest BCUT2D eigenvalue weighted by Gasteiger charge is -2.16. The molecule has 0 radical (unpaired) electrons. The van der Waals surface area contributed by atoms with Gasteiger partial charge in [0.2, 0.25) is 0 Å². The van der Waals surface area contributed by atoms with Crippen LogP contribution in [0.4, 0.5) is 4.79 Å². The number of hydrogen-bond acceptors (Lipinski definition) is 3. The minimum atomic E-state index is -1.06. The smallest absolute Gasteiger partial charge is 0.412 e. The fourth-order valence-corrected chi connectivity index (χ4v) is 1.17. The molecule has 0 aliphatic rings. The molecule has 1 aromatic rings.